The van der Waals surface area contributed by atoms with Gasteiger partial charge in [-0.25, -0.2) is 34.8 Å². The number of rotatable bonds is 10. The lowest BCUT2D eigenvalue weighted by Crippen LogP contribution is -2.30. The molecule has 10 heteroatoms. The summed E-state index contributed by atoms with van der Waals surface area (Å²) < 4.78 is 2.09. The second-order valence-electron chi connectivity index (χ2n) is 18.9. The van der Waals surface area contributed by atoms with Gasteiger partial charge in [0, 0.05) is 49.7 Å². The van der Waals surface area contributed by atoms with Gasteiger partial charge in [0.1, 0.15) is 0 Å². The lowest BCUT2D eigenvalue weighted by atomic mass is 9.97. The number of imide groups is 1. The molecule has 0 spiro atoms. The number of hydrogen-bond acceptors (Lipinski definition) is 8. The van der Waals surface area contributed by atoms with Crippen molar-refractivity contribution in [3.8, 4) is 96.3 Å². The minimum atomic E-state index is -0.464. The van der Waals surface area contributed by atoms with Crippen LogP contribution in [0.25, 0.3) is 118 Å². The lowest BCUT2D eigenvalue weighted by Gasteiger charge is -2.20. The van der Waals surface area contributed by atoms with Crippen molar-refractivity contribution in [2.75, 3.05) is 4.90 Å². The van der Waals surface area contributed by atoms with Crippen LogP contribution < -0.4 is 4.90 Å². The van der Waals surface area contributed by atoms with Crippen LogP contribution in [0, 0.1) is 0 Å². The Labute approximate surface area is 448 Å². The summed E-state index contributed by atoms with van der Waals surface area (Å²) in [5.41, 5.74) is 10.9. The Balaban J connectivity index is 1.06. The maximum Gasteiger partial charge on any atom is 0.268 e. The lowest BCUT2D eigenvalue weighted by molar-refractivity contribution is 0.0926. The average molecular weight is 1000 g/mol. The second kappa shape index (κ2) is 19.1. The summed E-state index contributed by atoms with van der Waals surface area (Å²) >= 11 is 0. The fourth-order valence-corrected chi connectivity index (χ4v) is 10.6. The van der Waals surface area contributed by atoms with E-state index in [4.69, 9.17) is 29.9 Å². The van der Waals surface area contributed by atoms with Crippen molar-refractivity contribution in [1.29, 1.82) is 0 Å². The second-order valence-corrected chi connectivity index (χ2v) is 18.9. The summed E-state index contributed by atoms with van der Waals surface area (Å²) in [6.07, 6.45) is 0. The normalized spacial score (nSPS) is 12.1. The molecule has 0 saturated heterocycles. The van der Waals surface area contributed by atoms with E-state index in [1.54, 1.807) is 6.07 Å². The third-order valence-electron chi connectivity index (χ3n) is 14.3. The van der Waals surface area contributed by atoms with Crippen molar-refractivity contribution in [1.82, 2.24) is 34.5 Å². The number of para-hydroxylation sites is 2. The summed E-state index contributed by atoms with van der Waals surface area (Å²) in [5.74, 6) is 1.92. The fraction of sp³-hybridized carbons (Fsp3) is 0. The molecule has 0 fully saturated rings. The van der Waals surface area contributed by atoms with Crippen LogP contribution in [-0.2, 0) is 0 Å². The molecule has 0 radical (unpaired) electrons. The van der Waals surface area contributed by atoms with E-state index >= 15 is 9.59 Å². The van der Waals surface area contributed by atoms with Gasteiger partial charge in [-0.3, -0.25) is 9.59 Å². The van der Waals surface area contributed by atoms with Gasteiger partial charge in [-0.1, -0.05) is 224 Å². The van der Waals surface area contributed by atoms with Gasteiger partial charge in [0.2, 0.25) is 0 Å². The number of benzene rings is 10. The van der Waals surface area contributed by atoms with E-state index in [9.17, 15) is 0 Å². The third-order valence-corrected chi connectivity index (χ3v) is 14.3. The predicted molar refractivity (Wildman–Crippen MR) is 309 cm³/mol. The van der Waals surface area contributed by atoms with Crippen molar-refractivity contribution in [2.45, 2.75) is 0 Å². The number of fused-ring (bicyclic) bond motifs is 4. The number of amides is 2. The Kier molecular flexibility index (Phi) is 11.2. The van der Waals surface area contributed by atoms with Gasteiger partial charge in [-0.05, 0) is 47.0 Å². The summed E-state index contributed by atoms with van der Waals surface area (Å²) in [7, 11) is 0. The van der Waals surface area contributed by atoms with Gasteiger partial charge in [0.15, 0.2) is 34.9 Å². The van der Waals surface area contributed by atoms with Gasteiger partial charge in [0.25, 0.3) is 11.8 Å². The van der Waals surface area contributed by atoms with Crippen LogP contribution in [0.15, 0.2) is 255 Å². The topological polar surface area (TPSA) is 120 Å². The zero-order chi connectivity index (χ0) is 52.1. The van der Waals surface area contributed by atoms with E-state index in [0.717, 1.165) is 55.3 Å². The average Bonchev–Trinajstić information content (AvgIpc) is 3.75. The molecule has 2 amide bonds. The Morgan fingerprint density at radius 3 is 1.06 bits per heavy atom. The van der Waals surface area contributed by atoms with Crippen molar-refractivity contribution >= 4 is 39.3 Å². The van der Waals surface area contributed by atoms with Crippen LogP contribution in [0.3, 0.4) is 0 Å². The predicted octanol–water partition coefficient (Wildman–Crippen LogP) is 15.3. The molecule has 4 heterocycles. The van der Waals surface area contributed by atoms with Gasteiger partial charge in [0.05, 0.1) is 33.5 Å². The van der Waals surface area contributed by atoms with Gasteiger partial charge >= 0.3 is 0 Å². The Bertz CT molecular complexity index is 4160. The van der Waals surface area contributed by atoms with Gasteiger partial charge in [-0.2, -0.15) is 0 Å². The van der Waals surface area contributed by atoms with Crippen LogP contribution in [-0.4, -0.2) is 46.3 Å². The highest BCUT2D eigenvalue weighted by atomic mass is 16.2. The molecular formula is C68H42N8O2. The number of nitrogens with zero attached hydrogens (tertiary/aromatic N) is 8. The van der Waals surface area contributed by atoms with E-state index < -0.39 is 11.8 Å². The minimum absolute atomic E-state index is 0.242. The minimum Gasteiger partial charge on any atom is -0.307 e. The van der Waals surface area contributed by atoms with Crippen LogP contribution in [0.5, 0.6) is 0 Å². The molecule has 14 rings (SSSR count). The number of hydrogen-bond donors (Lipinski definition) is 0. The van der Waals surface area contributed by atoms with E-state index in [-0.39, 0.29) is 11.1 Å². The Morgan fingerprint density at radius 2 is 0.628 bits per heavy atom. The van der Waals surface area contributed by atoms with Crippen molar-refractivity contribution in [3.05, 3.63) is 266 Å². The van der Waals surface area contributed by atoms with E-state index in [1.165, 1.54) is 4.90 Å². The first-order valence-corrected chi connectivity index (χ1v) is 25.6. The SMILES string of the molecule is O=C1c2cccc(-n3c4c(-c5nc(-c6ccccc6)nc(-c6ccccc6)n5)cccc4c4cccc(-c5nc(-c6ccccc6)nc(-c6ccccc6)n5)c43)c2C(=O)N1c1cc(-c2ccccc2)ccc1-c1ccccc1. The van der Waals surface area contributed by atoms with Gasteiger partial charge < -0.3 is 4.57 Å². The fourth-order valence-electron chi connectivity index (χ4n) is 10.6. The molecular weight excluding hydrogens is 961 g/mol. The van der Waals surface area contributed by atoms with E-state index in [0.29, 0.717) is 68.5 Å². The number of carbonyl (C=O) groups is 2. The molecule has 0 bridgehead atoms. The van der Waals surface area contributed by atoms with Crippen molar-refractivity contribution in [3.63, 3.8) is 0 Å². The van der Waals surface area contributed by atoms with Crippen LogP contribution in [0.1, 0.15) is 20.7 Å². The molecule has 0 N–H and O–H groups in total. The van der Waals surface area contributed by atoms with Crippen LogP contribution in [0.4, 0.5) is 5.69 Å². The molecule has 366 valence electrons. The Hall–Kier alpha value is -10.8. The molecule has 0 aliphatic carbocycles. The highest BCUT2D eigenvalue weighted by Crippen LogP contribution is 2.45. The molecule has 0 atom stereocenters. The van der Waals surface area contributed by atoms with Crippen LogP contribution in [0.2, 0.25) is 0 Å². The molecule has 0 unspecified atom stereocenters. The molecule has 78 heavy (non-hydrogen) atoms. The first kappa shape index (κ1) is 45.7. The largest absolute Gasteiger partial charge is 0.307 e. The summed E-state index contributed by atoms with van der Waals surface area (Å²) in [6.45, 7) is 0. The molecule has 1 aliphatic heterocycles. The number of aromatic nitrogens is 7. The standard InChI is InChI=1S/C68H42N8O2/c77-67-53-36-21-39-56(58(53)68(78)76(67)57-42-49(43-22-7-1-8-23-43)40-41-50(57)44-24-9-2-10-25-44)75-59-51(34-19-37-54(59)65-71-61(45-26-11-3-12-27-45)69-62(72-65)46-28-13-4-14-29-46)52-35-20-38-55(60(52)75)66-73-63(47-30-15-5-16-31-47)70-64(74-66)48-32-17-6-18-33-48/h1-42H. The summed E-state index contributed by atoms with van der Waals surface area (Å²) in [5, 5.41) is 1.70. The monoisotopic (exact) mass is 1000 g/mol. The number of anilines is 1. The van der Waals surface area contributed by atoms with E-state index in [1.807, 2.05) is 237 Å². The summed E-state index contributed by atoms with van der Waals surface area (Å²) in [4.78, 5) is 63.8. The molecule has 3 aromatic heterocycles. The maximum atomic E-state index is 16.0. The zero-order valence-electron chi connectivity index (χ0n) is 41.6. The van der Waals surface area contributed by atoms with Crippen molar-refractivity contribution in [2.24, 2.45) is 0 Å². The quantitative estimate of drug-likeness (QED) is 0.124. The van der Waals surface area contributed by atoms with Crippen molar-refractivity contribution < 1.29 is 9.59 Å². The molecule has 13 aromatic rings. The first-order valence-electron chi connectivity index (χ1n) is 25.6. The first-order chi connectivity index (χ1) is 38.5. The Morgan fingerprint density at radius 1 is 0.256 bits per heavy atom. The van der Waals surface area contributed by atoms with E-state index in [2.05, 4.69) is 16.7 Å². The highest BCUT2D eigenvalue weighted by molar-refractivity contribution is 6.37. The molecule has 10 aromatic carbocycles. The molecule has 1 aliphatic rings. The van der Waals surface area contributed by atoms with Gasteiger partial charge in [-0.15, -0.1) is 0 Å². The zero-order valence-corrected chi connectivity index (χ0v) is 41.6. The highest BCUT2D eigenvalue weighted by Gasteiger charge is 2.41. The van der Waals surface area contributed by atoms with Crippen LogP contribution >= 0.6 is 0 Å². The molecule has 10 nitrogen and oxygen atoms in total. The third kappa shape index (κ3) is 7.91. The smallest absolute Gasteiger partial charge is 0.268 e. The maximum absolute atomic E-state index is 16.0. The number of carbonyl (C=O) groups excluding carboxylic acids is 2. The summed E-state index contributed by atoms with van der Waals surface area (Å²) in [6, 6.07) is 82.9. The molecule has 0 saturated carbocycles.